The van der Waals surface area contributed by atoms with Gasteiger partial charge in [0.1, 0.15) is 0 Å². The Bertz CT molecular complexity index is 512. The Morgan fingerprint density at radius 3 is 2.24 bits per heavy atom. The van der Waals surface area contributed by atoms with Gasteiger partial charge in [-0.25, -0.2) is 0 Å². The van der Waals surface area contributed by atoms with Gasteiger partial charge in [0.15, 0.2) is 0 Å². The van der Waals surface area contributed by atoms with Crippen LogP contribution < -0.4 is 5.32 Å². The average Bonchev–Trinajstić information content (AvgIpc) is 2.95. The second-order valence-electron chi connectivity index (χ2n) is 9.31. The van der Waals surface area contributed by atoms with Gasteiger partial charge < -0.3 is 10.1 Å². The Morgan fingerprint density at radius 1 is 1.00 bits per heavy atom. The summed E-state index contributed by atoms with van der Waals surface area (Å²) in [6.45, 7) is 2.68. The van der Waals surface area contributed by atoms with Gasteiger partial charge in [-0.15, -0.1) is 0 Å². The van der Waals surface area contributed by atoms with Gasteiger partial charge in [0.05, 0.1) is 0 Å². The smallest absolute Gasteiger partial charge is 0.220 e. The highest BCUT2D eigenvalue weighted by molar-refractivity contribution is 5.76. The molecular formula is C20H31NO4. The third kappa shape index (κ3) is 2.65. The first kappa shape index (κ1) is 16.5. The first-order chi connectivity index (χ1) is 12.1. The normalized spacial score (nSPS) is 50.7. The highest BCUT2D eigenvalue weighted by Gasteiger charge is 2.66. The fraction of sp³-hybridized carbons (Fsp3) is 0.950. The van der Waals surface area contributed by atoms with Crippen LogP contribution in [0.15, 0.2) is 0 Å². The number of hydrogen-bond acceptors (Lipinski definition) is 4. The van der Waals surface area contributed by atoms with Gasteiger partial charge in [-0.3, -0.25) is 4.79 Å². The molecule has 0 aromatic carbocycles. The Labute approximate surface area is 150 Å². The number of nitrogens with one attached hydrogen (secondary N) is 1. The topological polar surface area (TPSA) is 56.8 Å². The SMILES string of the molecule is CCNC(=O)CC1CCC2(CC1)OOC1(O2)C2CC3CC(C2)CC1C3. The standard InChI is InChI=1S/C20H31NO4/c1-2-21-18(22)12-13-3-5-19(6-4-13)23-20(25-24-19)16-8-14-7-15(10-16)11-17(20)9-14/h13-17H,2-12H2,1H3,(H,21,22). The highest BCUT2D eigenvalue weighted by atomic mass is 17.3. The maximum atomic E-state index is 11.8. The molecule has 5 nitrogen and oxygen atoms in total. The van der Waals surface area contributed by atoms with Crippen molar-refractivity contribution in [2.75, 3.05) is 6.54 Å². The van der Waals surface area contributed by atoms with Gasteiger partial charge in [-0.1, -0.05) is 0 Å². The summed E-state index contributed by atoms with van der Waals surface area (Å²) in [4.78, 5) is 23.8. The van der Waals surface area contributed by atoms with Crippen LogP contribution in [-0.2, 0) is 19.3 Å². The number of ether oxygens (including phenoxy) is 1. The van der Waals surface area contributed by atoms with Crippen molar-refractivity contribution in [1.29, 1.82) is 0 Å². The first-order valence-electron chi connectivity index (χ1n) is 10.4. The zero-order valence-electron chi connectivity index (χ0n) is 15.3. The Hall–Kier alpha value is -0.650. The maximum absolute atomic E-state index is 11.8. The molecule has 6 rings (SSSR count). The molecule has 6 aliphatic rings. The molecule has 0 atom stereocenters. The second-order valence-corrected chi connectivity index (χ2v) is 9.31. The van der Waals surface area contributed by atoms with E-state index in [2.05, 4.69) is 5.32 Å². The van der Waals surface area contributed by atoms with Crippen LogP contribution in [0.3, 0.4) is 0 Å². The van der Waals surface area contributed by atoms with Crippen LogP contribution in [0.25, 0.3) is 0 Å². The van der Waals surface area contributed by atoms with E-state index in [1.165, 1.54) is 32.1 Å². The second kappa shape index (κ2) is 5.93. The van der Waals surface area contributed by atoms with E-state index in [1.807, 2.05) is 6.92 Å². The molecule has 1 amide bonds. The van der Waals surface area contributed by atoms with Crippen molar-refractivity contribution in [2.24, 2.45) is 29.6 Å². The predicted octanol–water partition coefficient (Wildman–Crippen LogP) is 3.53. The van der Waals surface area contributed by atoms with Crippen LogP contribution in [0.4, 0.5) is 0 Å². The van der Waals surface area contributed by atoms with E-state index in [4.69, 9.17) is 14.5 Å². The summed E-state index contributed by atoms with van der Waals surface area (Å²) >= 11 is 0. The van der Waals surface area contributed by atoms with Crippen molar-refractivity contribution < 1.29 is 19.3 Å². The summed E-state index contributed by atoms with van der Waals surface area (Å²) in [5.74, 6) is 2.44. The summed E-state index contributed by atoms with van der Waals surface area (Å²) in [6.07, 6.45) is 10.8. The van der Waals surface area contributed by atoms with E-state index < -0.39 is 11.6 Å². The number of rotatable bonds is 3. The molecule has 1 N–H and O–H groups in total. The van der Waals surface area contributed by atoms with Gasteiger partial charge in [0, 0.05) is 37.6 Å². The van der Waals surface area contributed by atoms with E-state index in [9.17, 15) is 4.79 Å². The zero-order chi connectivity index (χ0) is 17.1. The molecule has 0 radical (unpaired) electrons. The minimum atomic E-state index is -0.549. The van der Waals surface area contributed by atoms with Crippen LogP contribution >= 0.6 is 0 Å². The van der Waals surface area contributed by atoms with Gasteiger partial charge in [0.25, 0.3) is 0 Å². The van der Waals surface area contributed by atoms with E-state index in [0.717, 1.165) is 37.5 Å². The van der Waals surface area contributed by atoms with Crippen LogP contribution in [0.5, 0.6) is 0 Å². The van der Waals surface area contributed by atoms with Crippen LogP contribution in [0.1, 0.15) is 71.1 Å². The maximum Gasteiger partial charge on any atom is 0.220 e. The number of hydrogen-bond donors (Lipinski definition) is 1. The van der Waals surface area contributed by atoms with Gasteiger partial charge in [0.2, 0.25) is 17.5 Å². The van der Waals surface area contributed by atoms with Crippen LogP contribution in [0, 0.1) is 29.6 Å². The quantitative estimate of drug-likeness (QED) is 0.792. The molecule has 2 spiro atoms. The molecule has 0 unspecified atom stereocenters. The van der Waals surface area contributed by atoms with Crippen molar-refractivity contribution in [3.63, 3.8) is 0 Å². The lowest BCUT2D eigenvalue weighted by Crippen LogP contribution is -2.59. The van der Waals surface area contributed by atoms with E-state index in [1.54, 1.807) is 0 Å². The lowest BCUT2D eigenvalue weighted by Gasteiger charge is -2.57. The largest absolute Gasteiger partial charge is 0.356 e. The predicted molar refractivity (Wildman–Crippen MR) is 91.0 cm³/mol. The molecule has 1 heterocycles. The summed E-state index contributed by atoms with van der Waals surface area (Å²) in [6, 6.07) is 0. The summed E-state index contributed by atoms with van der Waals surface area (Å²) in [5, 5.41) is 2.91. The molecule has 5 heteroatoms. The minimum Gasteiger partial charge on any atom is -0.356 e. The van der Waals surface area contributed by atoms with Gasteiger partial charge in [-0.05, 0) is 69.6 Å². The van der Waals surface area contributed by atoms with Crippen LogP contribution in [-0.4, -0.2) is 24.0 Å². The highest BCUT2D eigenvalue weighted by Crippen LogP contribution is 2.63. The van der Waals surface area contributed by atoms with Gasteiger partial charge >= 0.3 is 0 Å². The fourth-order valence-corrected chi connectivity index (χ4v) is 6.65. The molecule has 1 aliphatic heterocycles. The van der Waals surface area contributed by atoms with E-state index in [0.29, 0.717) is 30.7 Å². The van der Waals surface area contributed by atoms with Crippen molar-refractivity contribution in [1.82, 2.24) is 5.32 Å². The molecule has 5 aliphatic carbocycles. The Balaban J connectivity index is 1.24. The zero-order valence-corrected chi connectivity index (χ0v) is 15.3. The van der Waals surface area contributed by atoms with Crippen LogP contribution in [0.2, 0.25) is 0 Å². The molecule has 5 saturated carbocycles. The average molecular weight is 349 g/mol. The number of carbonyl (C=O) groups is 1. The third-order valence-corrected chi connectivity index (χ3v) is 7.66. The number of amides is 1. The molecule has 1 saturated heterocycles. The molecule has 25 heavy (non-hydrogen) atoms. The molecule has 0 aromatic heterocycles. The van der Waals surface area contributed by atoms with Crippen molar-refractivity contribution in [2.45, 2.75) is 82.7 Å². The van der Waals surface area contributed by atoms with E-state index in [-0.39, 0.29) is 5.91 Å². The van der Waals surface area contributed by atoms with E-state index >= 15 is 0 Å². The lowest BCUT2D eigenvalue weighted by atomic mass is 9.53. The van der Waals surface area contributed by atoms with Crippen molar-refractivity contribution in [3.8, 4) is 0 Å². The first-order valence-corrected chi connectivity index (χ1v) is 10.4. The monoisotopic (exact) mass is 349 g/mol. The lowest BCUT2D eigenvalue weighted by molar-refractivity contribution is -0.390. The summed E-state index contributed by atoms with van der Waals surface area (Å²) in [5.41, 5.74) is 0. The van der Waals surface area contributed by atoms with Crippen molar-refractivity contribution in [3.05, 3.63) is 0 Å². The summed E-state index contributed by atoms with van der Waals surface area (Å²) in [7, 11) is 0. The fourth-order valence-electron chi connectivity index (χ4n) is 6.65. The number of carbonyl (C=O) groups excluding carboxylic acids is 1. The third-order valence-electron chi connectivity index (χ3n) is 7.66. The Morgan fingerprint density at radius 2 is 1.64 bits per heavy atom. The molecule has 0 aromatic rings. The van der Waals surface area contributed by atoms with Gasteiger partial charge in [-0.2, -0.15) is 9.78 Å². The van der Waals surface area contributed by atoms with Crippen molar-refractivity contribution >= 4 is 5.91 Å². The molecular weight excluding hydrogens is 318 g/mol. The minimum absolute atomic E-state index is 0.172. The summed E-state index contributed by atoms with van der Waals surface area (Å²) < 4.78 is 6.71. The molecule has 6 fully saturated rings. The molecule has 4 bridgehead atoms. The molecule has 140 valence electrons. The Kier molecular flexibility index (Phi) is 3.92.